The SMILES string of the molecule is CCOP(=O)(OCC)/C(Cl)=C(/N)c1ccccc1. The first-order valence-corrected chi connectivity index (χ1v) is 7.57. The number of nitrogens with two attached hydrogens (primary N) is 1. The predicted octanol–water partition coefficient (Wildman–Crippen LogP) is 3.78. The van der Waals surface area contributed by atoms with Gasteiger partial charge >= 0.3 is 7.60 Å². The van der Waals surface area contributed by atoms with Gasteiger partial charge in [-0.2, -0.15) is 0 Å². The van der Waals surface area contributed by atoms with Crippen LogP contribution in [0, 0.1) is 0 Å². The summed E-state index contributed by atoms with van der Waals surface area (Å²) in [5, 5.41) is 0. The van der Waals surface area contributed by atoms with Crippen molar-refractivity contribution in [3.63, 3.8) is 0 Å². The summed E-state index contributed by atoms with van der Waals surface area (Å²) in [5.74, 6) is 0. The van der Waals surface area contributed by atoms with Crippen molar-refractivity contribution in [1.29, 1.82) is 0 Å². The quantitative estimate of drug-likeness (QED) is 0.810. The molecule has 0 saturated heterocycles. The third-order valence-electron chi connectivity index (χ3n) is 2.15. The maximum atomic E-state index is 12.4. The zero-order valence-corrected chi connectivity index (χ0v) is 12.1. The Kier molecular flexibility index (Phi) is 5.89. The van der Waals surface area contributed by atoms with E-state index in [-0.39, 0.29) is 23.7 Å². The molecule has 0 aromatic heterocycles. The van der Waals surface area contributed by atoms with Crippen LogP contribution in [-0.2, 0) is 13.6 Å². The van der Waals surface area contributed by atoms with Gasteiger partial charge in [-0.3, -0.25) is 4.57 Å². The lowest BCUT2D eigenvalue weighted by atomic mass is 10.2. The van der Waals surface area contributed by atoms with Crippen LogP contribution in [0.15, 0.2) is 35.1 Å². The monoisotopic (exact) mass is 289 g/mol. The highest BCUT2D eigenvalue weighted by Crippen LogP contribution is 2.59. The highest BCUT2D eigenvalue weighted by atomic mass is 35.5. The smallest absolute Gasteiger partial charge is 0.374 e. The molecule has 0 atom stereocenters. The molecule has 0 unspecified atom stereocenters. The van der Waals surface area contributed by atoms with Crippen molar-refractivity contribution in [3.05, 3.63) is 40.7 Å². The maximum absolute atomic E-state index is 12.4. The van der Waals surface area contributed by atoms with Crippen LogP contribution in [0.3, 0.4) is 0 Å². The summed E-state index contributed by atoms with van der Waals surface area (Å²) in [4.78, 5) is 0. The molecule has 0 aliphatic rings. The summed E-state index contributed by atoms with van der Waals surface area (Å²) in [6, 6.07) is 9.05. The molecule has 0 radical (unpaired) electrons. The van der Waals surface area contributed by atoms with Gasteiger partial charge in [0.1, 0.15) is 0 Å². The summed E-state index contributed by atoms with van der Waals surface area (Å²) in [6.45, 7) is 3.90. The minimum atomic E-state index is -3.51. The minimum absolute atomic E-state index is 0.0719. The molecule has 0 bridgehead atoms. The van der Waals surface area contributed by atoms with Crippen molar-refractivity contribution in [1.82, 2.24) is 0 Å². The van der Waals surface area contributed by atoms with Crippen molar-refractivity contribution in [2.75, 3.05) is 13.2 Å². The largest absolute Gasteiger partial charge is 0.397 e. The molecular weight excluding hydrogens is 273 g/mol. The standard InChI is InChI=1S/C12H17ClNO3P/c1-3-16-18(15,17-4-2)12(13)11(14)10-8-6-5-7-9-10/h5-9H,3-4,14H2,1-2H3/b12-11+. The molecule has 4 nitrogen and oxygen atoms in total. The first-order chi connectivity index (χ1) is 8.55. The summed E-state index contributed by atoms with van der Waals surface area (Å²) < 4.78 is 22.6. The van der Waals surface area contributed by atoms with Crippen LogP contribution in [-0.4, -0.2) is 13.2 Å². The third-order valence-corrected chi connectivity index (χ3v) is 4.89. The van der Waals surface area contributed by atoms with Crippen molar-refractivity contribution in [2.24, 2.45) is 5.73 Å². The van der Waals surface area contributed by atoms with Crippen LogP contribution >= 0.6 is 19.2 Å². The Labute approximate surface area is 112 Å². The molecule has 2 N–H and O–H groups in total. The van der Waals surface area contributed by atoms with E-state index >= 15 is 0 Å². The predicted molar refractivity (Wildman–Crippen MR) is 74.3 cm³/mol. The zero-order valence-electron chi connectivity index (χ0n) is 10.4. The summed E-state index contributed by atoms with van der Waals surface area (Å²) in [7, 11) is -3.51. The first-order valence-electron chi connectivity index (χ1n) is 5.65. The molecule has 6 heteroatoms. The van der Waals surface area contributed by atoms with E-state index in [9.17, 15) is 4.57 Å². The number of hydrogen-bond acceptors (Lipinski definition) is 4. The van der Waals surface area contributed by atoms with Crippen LogP contribution in [0.1, 0.15) is 19.4 Å². The van der Waals surface area contributed by atoms with Gasteiger partial charge in [0.05, 0.1) is 18.9 Å². The molecule has 100 valence electrons. The van der Waals surface area contributed by atoms with Gasteiger partial charge in [-0.25, -0.2) is 0 Å². The molecule has 1 aromatic rings. The molecule has 0 aliphatic carbocycles. The number of halogens is 1. The molecule has 0 saturated carbocycles. The minimum Gasteiger partial charge on any atom is -0.397 e. The summed E-state index contributed by atoms with van der Waals surface area (Å²) in [5.41, 5.74) is 6.79. The molecule has 1 rings (SSSR count). The maximum Gasteiger partial charge on any atom is 0.374 e. The van der Waals surface area contributed by atoms with Gasteiger partial charge in [-0.1, -0.05) is 41.9 Å². The fourth-order valence-corrected chi connectivity index (χ4v) is 3.18. The van der Waals surface area contributed by atoms with Crippen LogP contribution in [0.2, 0.25) is 0 Å². The highest BCUT2D eigenvalue weighted by molar-refractivity contribution is 7.61. The normalized spacial score (nSPS) is 13.3. The Morgan fingerprint density at radius 1 is 1.22 bits per heavy atom. The second-order valence-electron chi connectivity index (χ2n) is 3.40. The number of benzene rings is 1. The van der Waals surface area contributed by atoms with E-state index in [1.54, 1.807) is 26.0 Å². The fourth-order valence-electron chi connectivity index (χ4n) is 1.37. The molecule has 1 aromatic carbocycles. The van der Waals surface area contributed by atoms with E-state index in [0.29, 0.717) is 5.56 Å². The Morgan fingerprint density at radius 3 is 2.17 bits per heavy atom. The van der Waals surface area contributed by atoms with Crippen LogP contribution in [0.5, 0.6) is 0 Å². The van der Waals surface area contributed by atoms with Crippen molar-refractivity contribution < 1.29 is 13.6 Å². The van der Waals surface area contributed by atoms with Gasteiger partial charge in [0, 0.05) is 0 Å². The Bertz CT molecular complexity index is 452. The lowest BCUT2D eigenvalue weighted by Gasteiger charge is -2.17. The molecule has 0 amide bonds. The van der Waals surface area contributed by atoms with Crippen molar-refractivity contribution in [2.45, 2.75) is 13.8 Å². The van der Waals surface area contributed by atoms with Gasteiger partial charge in [-0.05, 0) is 19.4 Å². The van der Waals surface area contributed by atoms with Gasteiger partial charge in [0.15, 0.2) is 4.77 Å². The Morgan fingerprint density at radius 2 is 1.72 bits per heavy atom. The highest BCUT2D eigenvalue weighted by Gasteiger charge is 2.31. The van der Waals surface area contributed by atoms with Gasteiger partial charge in [0.25, 0.3) is 0 Å². The lowest BCUT2D eigenvalue weighted by Crippen LogP contribution is -2.03. The van der Waals surface area contributed by atoms with Crippen LogP contribution in [0.4, 0.5) is 0 Å². The van der Waals surface area contributed by atoms with Gasteiger partial charge < -0.3 is 14.8 Å². The van der Waals surface area contributed by atoms with Crippen molar-refractivity contribution in [3.8, 4) is 0 Å². The first kappa shape index (κ1) is 15.3. The second kappa shape index (κ2) is 6.95. The van der Waals surface area contributed by atoms with Crippen molar-refractivity contribution >= 4 is 24.9 Å². The Balaban J connectivity index is 3.15. The fraction of sp³-hybridized carbons (Fsp3) is 0.333. The molecule has 0 aliphatic heterocycles. The van der Waals surface area contributed by atoms with Crippen LogP contribution < -0.4 is 5.73 Å². The molecule has 0 fully saturated rings. The van der Waals surface area contributed by atoms with E-state index in [2.05, 4.69) is 0 Å². The topological polar surface area (TPSA) is 61.5 Å². The molecular formula is C12H17ClNO3P. The lowest BCUT2D eigenvalue weighted by molar-refractivity contribution is 0.228. The van der Waals surface area contributed by atoms with E-state index in [4.69, 9.17) is 26.4 Å². The number of hydrogen-bond donors (Lipinski definition) is 1. The van der Waals surface area contributed by atoms with E-state index in [1.165, 1.54) is 0 Å². The number of rotatable bonds is 6. The second-order valence-corrected chi connectivity index (χ2v) is 6.00. The molecule has 0 heterocycles. The van der Waals surface area contributed by atoms with E-state index in [1.807, 2.05) is 18.2 Å². The molecule has 0 spiro atoms. The average Bonchev–Trinajstić information content (AvgIpc) is 2.38. The van der Waals surface area contributed by atoms with Gasteiger partial charge in [0.2, 0.25) is 0 Å². The van der Waals surface area contributed by atoms with Crippen LogP contribution in [0.25, 0.3) is 5.70 Å². The van der Waals surface area contributed by atoms with Gasteiger partial charge in [-0.15, -0.1) is 0 Å². The zero-order chi connectivity index (χ0) is 13.6. The Hall–Kier alpha value is -0.800. The van der Waals surface area contributed by atoms with E-state index in [0.717, 1.165) is 0 Å². The molecule has 18 heavy (non-hydrogen) atoms. The average molecular weight is 290 g/mol. The van der Waals surface area contributed by atoms with E-state index < -0.39 is 7.60 Å². The third kappa shape index (κ3) is 3.59. The summed E-state index contributed by atoms with van der Waals surface area (Å²) in [6.07, 6.45) is 0. The summed E-state index contributed by atoms with van der Waals surface area (Å²) >= 11 is 6.07.